The monoisotopic (exact) mass is 336 g/mol. The Balaban J connectivity index is 0.000000126. The van der Waals surface area contributed by atoms with Crippen LogP contribution in [0.3, 0.4) is 0 Å². The first-order valence-electron chi connectivity index (χ1n) is 9.58. The highest BCUT2D eigenvalue weighted by Crippen LogP contribution is 2.35. The molecule has 2 aromatic carbocycles. The van der Waals surface area contributed by atoms with E-state index in [-0.39, 0.29) is 6.10 Å². The second-order valence-electron chi connectivity index (χ2n) is 7.45. The zero-order valence-corrected chi connectivity index (χ0v) is 14.8. The maximum atomic E-state index is 9.34. The van der Waals surface area contributed by atoms with Crippen molar-refractivity contribution >= 4 is 0 Å². The van der Waals surface area contributed by atoms with Crippen LogP contribution in [0.5, 0.6) is 0 Å². The van der Waals surface area contributed by atoms with Crippen LogP contribution in [0.1, 0.15) is 41.1 Å². The average molecular weight is 336 g/mol. The summed E-state index contributed by atoms with van der Waals surface area (Å²) < 4.78 is 0. The third-order valence-corrected chi connectivity index (χ3v) is 5.62. The standard InChI is InChI=1S/C11H15NO.C11H13N/c13-11-6-7-12(9-11)8-10-4-2-1-3-5-10;1-2-8-4-5-10-11(8)9(3-1)6-7-12-10/h1-5,11,13H,6-9H2;1-3,10,12H,4-7H2. The first-order valence-corrected chi connectivity index (χ1v) is 9.58. The molecule has 1 aliphatic carbocycles. The Labute approximate surface area is 150 Å². The van der Waals surface area contributed by atoms with Crippen molar-refractivity contribution in [1.29, 1.82) is 0 Å². The summed E-state index contributed by atoms with van der Waals surface area (Å²) in [6.07, 6.45) is 4.63. The van der Waals surface area contributed by atoms with Crippen LogP contribution >= 0.6 is 0 Å². The first kappa shape index (κ1) is 16.8. The molecular weight excluding hydrogens is 308 g/mol. The highest BCUT2D eigenvalue weighted by molar-refractivity contribution is 5.42. The summed E-state index contributed by atoms with van der Waals surface area (Å²) in [6, 6.07) is 17.9. The second kappa shape index (κ2) is 7.69. The lowest BCUT2D eigenvalue weighted by atomic mass is 9.95. The lowest BCUT2D eigenvalue weighted by Crippen LogP contribution is -2.27. The number of hydrogen-bond acceptors (Lipinski definition) is 3. The van der Waals surface area contributed by atoms with Gasteiger partial charge in [0.2, 0.25) is 0 Å². The Kier molecular flexibility index (Phi) is 5.16. The maximum Gasteiger partial charge on any atom is 0.0679 e. The Bertz CT molecular complexity index is 700. The summed E-state index contributed by atoms with van der Waals surface area (Å²) in [4.78, 5) is 2.29. The molecule has 0 amide bonds. The van der Waals surface area contributed by atoms with Crippen LogP contribution in [0.15, 0.2) is 48.5 Å². The van der Waals surface area contributed by atoms with E-state index in [2.05, 4.69) is 52.7 Å². The molecule has 5 rings (SSSR count). The fourth-order valence-corrected chi connectivity index (χ4v) is 4.38. The smallest absolute Gasteiger partial charge is 0.0679 e. The van der Waals surface area contributed by atoms with Crippen molar-refractivity contribution < 1.29 is 5.11 Å². The molecule has 3 heteroatoms. The molecular formula is C22H28N2O. The van der Waals surface area contributed by atoms with Crippen molar-refractivity contribution in [3.8, 4) is 0 Å². The molecule has 1 saturated heterocycles. The minimum atomic E-state index is -0.108. The predicted octanol–water partition coefficient (Wildman–Crippen LogP) is 3.07. The van der Waals surface area contributed by atoms with Gasteiger partial charge >= 0.3 is 0 Å². The van der Waals surface area contributed by atoms with E-state index in [0.717, 1.165) is 26.1 Å². The highest BCUT2D eigenvalue weighted by atomic mass is 16.3. The number of aryl methyl sites for hydroxylation is 1. The molecule has 132 valence electrons. The fourth-order valence-electron chi connectivity index (χ4n) is 4.38. The van der Waals surface area contributed by atoms with E-state index in [1.807, 2.05) is 6.07 Å². The molecule has 2 aliphatic heterocycles. The number of aliphatic hydroxyl groups is 1. The van der Waals surface area contributed by atoms with Gasteiger partial charge in [-0.1, -0.05) is 48.5 Å². The zero-order chi connectivity index (χ0) is 17.1. The molecule has 2 atom stereocenters. The summed E-state index contributed by atoms with van der Waals surface area (Å²) in [5.74, 6) is 0. The Morgan fingerprint density at radius 3 is 2.52 bits per heavy atom. The van der Waals surface area contributed by atoms with Gasteiger partial charge in [0.25, 0.3) is 0 Å². The van der Waals surface area contributed by atoms with Crippen LogP contribution < -0.4 is 5.32 Å². The largest absolute Gasteiger partial charge is 0.392 e. The number of aliphatic hydroxyl groups excluding tert-OH is 1. The molecule has 25 heavy (non-hydrogen) atoms. The summed E-state index contributed by atoms with van der Waals surface area (Å²) >= 11 is 0. The summed E-state index contributed by atoms with van der Waals surface area (Å²) in [7, 11) is 0. The Morgan fingerprint density at radius 1 is 0.960 bits per heavy atom. The van der Waals surface area contributed by atoms with Crippen molar-refractivity contribution in [3.05, 3.63) is 70.8 Å². The number of β-amino-alcohol motifs (C(OH)–C–C–N with tert-alkyl or cyclic N) is 1. The highest BCUT2D eigenvalue weighted by Gasteiger charge is 2.27. The van der Waals surface area contributed by atoms with Gasteiger partial charge in [-0.05, 0) is 54.5 Å². The fraction of sp³-hybridized carbons (Fsp3) is 0.455. The van der Waals surface area contributed by atoms with Gasteiger partial charge in [-0.15, -0.1) is 0 Å². The molecule has 2 N–H and O–H groups in total. The molecule has 0 bridgehead atoms. The Hall–Kier alpha value is -1.68. The lowest BCUT2D eigenvalue weighted by Gasteiger charge is -2.22. The minimum absolute atomic E-state index is 0.108. The van der Waals surface area contributed by atoms with Gasteiger partial charge in [-0.25, -0.2) is 0 Å². The van der Waals surface area contributed by atoms with Crippen molar-refractivity contribution in [2.45, 2.75) is 44.4 Å². The summed E-state index contributed by atoms with van der Waals surface area (Å²) in [5, 5.41) is 12.9. The molecule has 3 nitrogen and oxygen atoms in total. The summed E-state index contributed by atoms with van der Waals surface area (Å²) in [5.41, 5.74) is 6.14. The number of rotatable bonds is 2. The normalized spacial score (nSPS) is 24.5. The van der Waals surface area contributed by atoms with E-state index in [0.29, 0.717) is 6.04 Å². The van der Waals surface area contributed by atoms with Crippen LogP contribution in [0.2, 0.25) is 0 Å². The predicted molar refractivity (Wildman–Crippen MR) is 102 cm³/mol. The second-order valence-corrected chi connectivity index (χ2v) is 7.45. The van der Waals surface area contributed by atoms with Crippen molar-refractivity contribution in [2.24, 2.45) is 0 Å². The van der Waals surface area contributed by atoms with E-state index in [9.17, 15) is 5.11 Å². The van der Waals surface area contributed by atoms with Crippen LogP contribution in [0.4, 0.5) is 0 Å². The number of benzene rings is 2. The Morgan fingerprint density at radius 2 is 1.76 bits per heavy atom. The van der Waals surface area contributed by atoms with Crippen molar-refractivity contribution in [1.82, 2.24) is 10.2 Å². The first-order chi connectivity index (χ1) is 12.3. The summed E-state index contributed by atoms with van der Waals surface area (Å²) in [6.45, 7) is 3.99. The van der Waals surface area contributed by atoms with E-state index < -0.39 is 0 Å². The van der Waals surface area contributed by atoms with E-state index in [1.54, 1.807) is 16.7 Å². The third kappa shape index (κ3) is 3.95. The van der Waals surface area contributed by atoms with Crippen LogP contribution in [-0.4, -0.2) is 35.7 Å². The lowest BCUT2D eigenvalue weighted by molar-refractivity contribution is 0.175. The van der Waals surface area contributed by atoms with Gasteiger partial charge in [-0.3, -0.25) is 4.90 Å². The van der Waals surface area contributed by atoms with Crippen LogP contribution in [0, 0.1) is 0 Å². The number of nitrogens with one attached hydrogen (secondary N) is 1. The van der Waals surface area contributed by atoms with E-state index in [1.165, 1.54) is 31.4 Å². The molecule has 2 aromatic rings. The molecule has 0 saturated carbocycles. The average Bonchev–Trinajstić information content (AvgIpc) is 3.25. The van der Waals surface area contributed by atoms with Crippen molar-refractivity contribution in [2.75, 3.05) is 19.6 Å². The van der Waals surface area contributed by atoms with Gasteiger partial charge in [0, 0.05) is 25.7 Å². The number of nitrogens with zero attached hydrogens (tertiary/aromatic N) is 1. The zero-order valence-electron chi connectivity index (χ0n) is 14.8. The molecule has 0 radical (unpaired) electrons. The molecule has 2 heterocycles. The molecule has 1 fully saturated rings. The molecule has 0 aromatic heterocycles. The van der Waals surface area contributed by atoms with E-state index in [4.69, 9.17) is 0 Å². The van der Waals surface area contributed by atoms with Gasteiger partial charge < -0.3 is 10.4 Å². The number of hydrogen-bond donors (Lipinski definition) is 2. The number of likely N-dealkylation sites (tertiary alicyclic amines) is 1. The maximum absolute atomic E-state index is 9.34. The topological polar surface area (TPSA) is 35.5 Å². The quantitative estimate of drug-likeness (QED) is 0.885. The van der Waals surface area contributed by atoms with Gasteiger partial charge in [0.15, 0.2) is 0 Å². The van der Waals surface area contributed by atoms with Gasteiger partial charge in [0.05, 0.1) is 6.10 Å². The molecule has 0 spiro atoms. The third-order valence-electron chi connectivity index (χ3n) is 5.62. The van der Waals surface area contributed by atoms with Crippen LogP contribution in [-0.2, 0) is 19.4 Å². The SMILES string of the molecule is OC1CCN(Cc2ccccc2)C1.c1cc2c3c(c1)CCC3NCC2. The van der Waals surface area contributed by atoms with E-state index >= 15 is 0 Å². The van der Waals surface area contributed by atoms with Crippen molar-refractivity contribution in [3.63, 3.8) is 0 Å². The van der Waals surface area contributed by atoms with Crippen LogP contribution in [0.25, 0.3) is 0 Å². The minimum Gasteiger partial charge on any atom is -0.392 e. The molecule has 3 aliphatic rings. The molecule has 2 unspecified atom stereocenters. The van der Waals surface area contributed by atoms with Gasteiger partial charge in [-0.2, -0.15) is 0 Å². The van der Waals surface area contributed by atoms with Gasteiger partial charge in [0.1, 0.15) is 0 Å².